The Hall–Kier alpha value is -0.750. The average Bonchev–Trinajstić information content (AvgIpc) is 2.04. The molecule has 0 rings (SSSR count). The summed E-state index contributed by atoms with van der Waals surface area (Å²) in [5.41, 5.74) is 5.08. The highest BCUT2D eigenvalue weighted by Gasteiger charge is 2.10. The third-order valence-corrected chi connectivity index (χ3v) is 1.95. The van der Waals surface area contributed by atoms with Gasteiger partial charge in [0.1, 0.15) is 0 Å². The number of aliphatic carboxylic acids is 1. The minimum absolute atomic E-state index is 0.160. The van der Waals surface area contributed by atoms with E-state index < -0.39 is 5.97 Å². The van der Waals surface area contributed by atoms with Crippen LogP contribution in [0.3, 0.4) is 0 Å². The molecule has 1 amide bonds. The van der Waals surface area contributed by atoms with Crippen molar-refractivity contribution in [3.63, 3.8) is 0 Å². The van der Waals surface area contributed by atoms with Gasteiger partial charge in [-0.15, -0.1) is 0 Å². The Morgan fingerprint density at radius 2 is 2.00 bits per heavy atom. The van der Waals surface area contributed by atoms with Crippen LogP contribution >= 0.6 is 11.8 Å². The Labute approximate surface area is 88.4 Å². The minimum atomic E-state index is -0.833. The number of carbonyl (C=O) groups is 2. The third kappa shape index (κ3) is 13.8. The summed E-state index contributed by atoms with van der Waals surface area (Å²) in [4.78, 5) is 19.6. The van der Waals surface area contributed by atoms with Crippen LogP contribution in [0.25, 0.3) is 0 Å². The summed E-state index contributed by atoms with van der Waals surface area (Å²) in [7, 11) is 1.75. The fraction of sp³-hybridized carbons (Fsp3) is 0.750. The third-order valence-electron chi connectivity index (χ3n) is 1.30. The van der Waals surface area contributed by atoms with Crippen LogP contribution in [0.4, 0.5) is 0 Å². The van der Waals surface area contributed by atoms with Gasteiger partial charge in [0.15, 0.2) is 0 Å². The Morgan fingerprint density at radius 3 is 2.21 bits per heavy atom. The van der Waals surface area contributed by atoms with Gasteiger partial charge < -0.3 is 16.2 Å². The van der Waals surface area contributed by atoms with Gasteiger partial charge >= 0.3 is 0 Å². The summed E-state index contributed by atoms with van der Waals surface area (Å²) in [5, 5.41) is 10.3. The van der Waals surface area contributed by atoms with Gasteiger partial charge in [0.25, 0.3) is 5.97 Å². The number of amides is 1. The summed E-state index contributed by atoms with van der Waals surface area (Å²) in [5.74, 6) is -0.134. The minimum Gasteiger partial charge on any atom is -0.481 e. The monoisotopic (exact) mass is 222 g/mol. The lowest BCUT2D eigenvalue weighted by atomic mass is 10.2. The van der Waals surface area contributed by atoms with Crippen LogP contribution in [0, 0.1) is 0 Å². The molecular weight excluding hydrogens is 204 g/mol. The van der Waals surface area contributed by atoms with Crippen LogP contribution in [0.15, 0.2) is 0 Å². The van der Waals surface area contributed by atoms with Crippen molar-refractivity contribution in [3.05, 3.63) is 0 Å². The quantitative estimate of drug-likeness (QED) is 0.604. The maximum atomic E-state index is 10.6. The van der Waals surface area contributed by atoms with E-state index in [1.54, 1.807) is 18.8 Å². The second-order valence-electron chi connectivity index (χ2n) is 2.54. The highest BCUT2D eigenvalue weighted by Crippen LogP contribution is 1.98. The molecule has 0 aliphatic rings. The molecule has 0 aliphatic carbocycles. The Morgan fingerprint density at radius 1 is 1.57 bits per heavy atom. The first-order valence-electron chi connectivity index (χ1n) is 4.10. The van der Waals surface area contributed by atoms with Gasteiger partial charge in [-0.2, -0.15) is 11.8 Å². The molecule has 0 bridgehead atoms. The molecule has 0 unspecified atom stereocenters. The number of nitrogens with two attached hydrogens (primary N) is 1. The molecule has 84 valence electrons. The Balaban J connectivity index is 0. The molecule has 14 heavy (non-hydrogen) atoms. The van der Waals surface area contributed by atoms with Gasteiger partial charge in [-0.3, -0.25) is 9.59 Å². The summed E-state index contributed by atoms with van der Waals surface area (Å²) in [6.07, 6.45) is 2.82. The number of carbonyl (C=O) groups excluding carboxylic acids is 1. The van der Waals surface area contributed by atoms with E-state index in [1.807, 2.05) is 6.26 Å². The van der Waals surface area contributed by atoms with Crippen molar-refractivity contribution in [2.75, 3.05) is 19.1 Å². The van der Waals surface area contributed by atoms with Crippen LogP contribution in [0.2, 0.25) is 0 Å². The van der Waals surface area contributed by atoms with Crippen LogP contribution in [-0.4, -0.2) is 42.1 Å². The number of carboxylic acid groups (broad SMARTS) is 1. The van der Waals surface area contributed by atoms with E-state index in [0.29, 0.717) is 0 Å². The first-order chi connectivity index (χ1) is 6.45. The van der Waals surface area contributed by atoms with E-state index in [1.165, 1.54) is 0 Å². The van der Waals surface area contributed by atoms with E-state index in [0.717, 1.165) is 19.1 Å². The number of hydrogen-bond acceptors (Lipinski definition) is 4. The number of primary amides is 1. The molecule has 0 saturated carbocycles. The molecule has 0 aromatic heterocycles. The van der Waals surface area contributed by atoms with Crippen molar-refractivity contribution in [2.45, 2.75) is 19.4 Å². The number of likely N-dealkylation sites (N-methyl/N-ethyl adjacent to an activating group) is 1. The second kappa shape index (κ2) is 10.3. The predicted molar refractivity (Wildman–Crippen MR) is 58.4 cm³/mol. The second-order valence-corrected chi connectivity index (χ2v) is 3.53. The summed E-state index contributed by atoms with van der Waals surface area (Å²) in [6, 6.07) is -0.160. The van der Waals surface area contributed by atoms with E-state index in [9.17, 15) is 4.79 Å². The first-order valence-corrected chi connectivity index (χ1v) is 5.50. The molecule has 6 heteroatoms. The molecule has 0 radical (unpaired) electrons. The summed E-state index contributed by atoms with van der Waals surface area (Å²) in [6.45, 7) is 1.08. The van der Waals surface area contributed by atoms with Crippen LogP contribution in [-0.2, 0) is 9.59 Å². The van der Waals surface area contributed by atoms with Crippen molar-refractivity contribution in [3.8, 4) is 0 Å². The number of nitrogens with one attached hydrogen (secondary N) is 1. The molecular formula is C8H18N2O3S. The van der Waals surface area contributed by atoms with Crippen LogP contribution in [0.1, 0.15) is 13.3 Å². The zero-order chi connectivity index (χ0) is 11.6. The molecule has 0 saturated heterocycles. The van der Waals surface area contributed by atoms with E-state index in [-0.39, 0.29) is 11.9 Å². The smallest absolute Gasteiger partial charge is 0.300 e. The van der Waals surface area contributed by atoms with Gasteiger partial charge in [-0.1, -0.05) is 0 Å². The maximum Gasteiger partial charge on any atom is 0.300 e. The molecule has 1 atom stereocenters. The zero-order valence-electron chi connectivity index (χ0n) is 8.74. The van der Waals surface area contributed by atoms with Gasteiger partial charge in [0, 0.05) is 6.92 Å². The van der Waals surface area contributed by atoms with Crippen LogP contribution < -0.4 is 11.1 Å². The van der Waals surface area contributed by atoms with E-state index in [2.05, 4.69) is 5.32 Å². The maximum absolute atomic E-state index is 10.6. The van der Waals surface area contributed by atoms with Crippen molar-refractivity contribution in [2.24, 2.45) is 5.73 Å². The number of carboxylic acids is 1. The predicted octanol–water partition coefficient (Wildman–Crippen LogP) is -0.0963. The number of rotatable bonds is 5. The molecule has 4 N–H and O–H groups in total. The van der Waals surface area contributed by atoms with Crippen molar-refractivity contribution < 1.29 is 14.7 Å². The largest absolute Gasteiger partial charge is 0.481 e. The number of hydrogen-bond donors (Lipinski definition) is 3. The number of thioether (sulfide) groups is 1. The lowest BCUT2D eigenvalue weighted by Gasteiger charge is -2.09. The van der Waals surface area contributed by atoms with Crippen molar-refractivity contribution >= 4 is 23.6 Å². The molecule has 0 aromatic carbocycles. The lowest BCUT2D eigenvalue weighted by molar-refractivity contribution is -0.134. The van der Waals surface area contributed by atoms with E-state index >= 15 is 0 Å². The topological polar surface area (TPSA) is 92.4 Å². The Bertz CT molecular complexity index is 172. The van der Waals surface area contributed by atoms with Crippen molar-refractivity contribution in [1.29, 1.82) is 0 Å². The van der Waals surface area contributed by atoms with Crippen LogP contribution in [0.5, 0.6) is 0 Å². The molecule has 0 aliphatic heterocycles. The average molecular weight is 222 g/mol. The van der Waals surface area contributed by atoms with Crippen molar-refractivity contribution in [1.82, 2.24) is 5.32 Å². The molecule has 0 heterocycles. The summed E-state index contributed by atoms with van der Waals surface area (Å²) >= 11 is 1.71. The van der Waals surface area contributed by atoms with Gasteiger partial charge in [0.2, 0.25) is 5.91 Å². The lowest BCUT2D eigenvalue weighted by Crippen LogP contribution is -2.39. The first kappa shape index (κ1) is 15.7. The van der Waals surface area contributed by atoms with E-state index in [4.69, 9.17) is 15.6 Å². The SMILES string of the molecule is CC(=O)O.CN[C@@H](CCSC)C(N)=O. The Kier molecular flexibility index (Phi) is 11.6. The van der Waals surface area contributed by atoms with Gasteiger partial charge in [-0.25, -0.2) is 0 Å². The van der Waals surface area contributed by atoms with Gasteiger partial charge in [-0.05, 0) is 25.5 Å². The summed E-state index contributed by atoms with van der Waals surface area (Å²) < 4.78 is 0. The highest BCUT2D eigenvalue weighted by molar-refractivity contribution is 7.98. The molecule has 0 aromatic rings. The molecule has 0 fully saturated rings. The van der Waals surface area contributed by atoms with Gasteiger partial charge in [0.05, 0.1) is 6.04 Å². The fourth-order valence-corrected chi connectivity index (χ4v) is 1.14. The standard InChI is InChI=1S/C6H14N2OS.C2H4O2/c1-8-5(6(7)9)3-4-10-2;1-2(3)4/h5,8H,3-4H2,1-2H3,(H2,7,9);1H3,(H,3,4)/t5-;/m0./s1. The fourth-order valence-electron chi connectivity index (χ4n) is 0.665. The molecule has 0 spiro atoms. The molecule has 5 nitrogen and oxygen atoms in total. The normalized spacial score (nSPS) is 11.1. The zero-order valence-corrected chi connectivity index (χ0v) is 9.56. The highest BCUT2D eigenvalue weighted by atomic mass is 32.2.